The first kappa shape index (κ1) is 18.9. The van der Waals surface area contributed by atoms with Gasteiger partial charge in [-0.05, 0) is 31.7 Å². The monoisotopic (exact) mass is 352 g/mol. The molecule has 134 valence electrons. The minimum absolute atomic E-state index is 0.0827. The Morgan fingerprint density at radius 2 is 1.83 bits per heavy atom. The van der Waals surface area contributed by atoms with Crippen molar-refractivity contribution >= 4 is 15.9 Å². The van der Waals surface area contributed by atoms with Crippen LogP contribution in [0.25, 0.3) is 0 Å². The number of rotatable bonds is 6. The number of nitrogens with zero attached hydrogens (tertiary/aromatic N) is 2. The molecular weight excluding hydrogens is 324 g/mol. The Kier molecular flexibility index (Phi) is 6.40. The zero-order valence-corrected chi connectivity index (χ0v) is 15.6. The molecule has 6 heteroatoms. The van der Waals surface area contributed by atoms with Gasteiger partial charge in [0.05, 0.1) is 6.26 Å². The van der Waals surface area contributed by atoms with Gasteiger partial charge in [-0.3, -0.25) is 4.79 Å². The van der Waals surface area contributed by atoms with E-state index in [0.29, 0.717) is 32.5 Å². The van der Waals surface area contributed by atoms with Crippen LogP contribution >= 0.6 is 0 Å². The molecule has 1 unspecified atom stereocenters. The molecule has 5 nitrogen and oxygen atoms in total. The Hall–Kier alpha value is -1.40. The van der Waals surface area contributed by atoms with Gasteiger partial charge in [0.1, 0.15) is 0 Å². The van der Waals surface area contributed by atoms with Crippen molar-refractivity contribution in [3.63, 3.8) is 0 Å². The van der Waals surface area contributed by atoms with Crippen LogP contribution < -0.4 is 0 Å². The molecule has 1 aromatic carbocycles. The lowest BCUT2D eigenvalue weighted by molar-refractivity contribution is -0.139. The van der Waals surface area contributed by atoms with E-state index in [1.54, 1.807) is 0 Å². The highest BCUT2D eigenvalue weighted by atomic mass is 32.2. The summed E-state index contributed by atoms with van der Waals surface area (Å²) in [5.74, 6) is 0.0714. The van der Waals surface area contributed by atoms with Crippen LogP contribution in [-0.2, 0) is 21.4 Å². The fourth-order valence-corrected chi connectivity index (χ4v) is 3.99. The third-order valence-electron chi connectivity index (χ3n) is 4.87. The van der Waals surface area contributed by atoms with Gasteiger partial charge >= 0.3 is 0 Å². The van der Waals surface area contributed by atoms with Crippen LogP contribution in [0, 0.1) is 5.92 Å². The van der Waals surface area contributed by atoms with E-state index in [0.717, 1.165) is 12.0 Å². The molecule has 1 heterocycles. The maximum Gasteiger partial charge on any atom is 0.226 e. The molecule has 0 saturated carbocycles. The largest absolute Gasteiger partial charge is 0.335 e. The van der Waals surface area contributed by atoms with Crippen molar-refractivity contribution in [3.05, 3.63) is 35.9 Å². The summed E-state index contributed by atoms with van der Waals surface area (Å²) in [4.78, 5) is 15.0. The molecule has 1 aliphatic rings. The first-order chi connectivity index (χ1) is 11.3. The van der Waals surface area contributed by atoms with Crippen LogP contribution in [0.4, 0.5) is 0 Å². The molecule has 0 radical (unpaired) electrons. The molecule has 0 aliphatic carbocycles. The van der Waals surface area contributed by atoms with Crippen molar-refractivity contribution in [2.24, 2.45) is 5.92 Å². The zero-order valence-electron chi connectivity index (χ0n) is 14.8. The first-order valence-electron chi connectivity index (χ1n) is 8.62. The fourth-order valence-electron chi connectivity index (χ4n) is 3.12. The number of amides is 1. The Balaban J connectivity index is 2.06. The maximum atomic E-state index is 13.0. The van der Waals surface area contributed by atoms with Crippen molar-refractivity contribution in [1.29, 1.82) is 0 Å². The van der Waals surface area contributed by atoms with Crippen molar-refractivity contribution in [2.75, 3.05) is 19.3 Å². The number of carbonyl (C=O) groups is 1. The van der Waals surface area contributed by atoms with Crippen molar-refractivity contribution < 1.29 is 13.2 Å². The smallest absolute Gasteiger partial charge is 0.226 e. The average molecular weight is 353 g/mol. The number of piperidine rings is 1. The summed E-state index contributed by atoms with van der Waals surface area (Å²) in [6.45, 7) is 5.65. The van der Waals surface area contributed by atoms with E-state index in [4.69, 9.17) is 0 Å². The Morgan fingerprint density at radius 1 is 1.25 bits per heavy atom. The second-order valence-corrected chi connectivity index (χ2v) is 8.63. The summed E-state index contributed by atoms with van der Waals surface area (Å²) >= 11 is 0. The van der Waals surface area contributed by atoms with Gasteiger partial charge in [-0.1, -0.05) is 37.3 Å². The minimum Gasteiger partial charge on any atom is -0.335 e. The van der Waals surface area contributed by atoms with Gasteiger partial charge in [-0.2, -0.15) is 0 Å². The minimum atomic E-state index is -3.16. The van der Waals surface area contributed by atoms with Crippen LogP contribution in [0.5, 0.6) is 0 Å². The maximum absolute atomic E-state index is 13.0. The standard InChI is InChI=1S/C18H28N2O3S/c1-4-15(2)20(14-16-8-6-5-7-9-16)18(21)17-10-12-19(13-11-17)24(3,22)23/h5-9,15,17H,4,10-14H2,1-3H3. The van der Waals surface area contributed by atoms with Crippen LogP contribution in [0.2, 0.25) is 0 Å². The molecule has 1 atom stereocenters. The molecule has 24 heavy (non-hydrogen) atoms. The van der Waals surface area contributed by atoms with Crippen LogP contribution in [0.1, 0.15) is 38.7 Å². The van der Waals surface area contributed by atoms with Gasteiger partial charge in [0.2, 0.25) is 15.9 Å². The second kappa shape index (κ2) is 8.12. The highest BCUT2D eigenvalue weighted by Gasteiger charge is 2.32. The topological polar surface area (TPSA) is 57.7 Å². The van der Waals surface area contributed by atoms with E-state index in [2.05, 4.69) is 13.8 Å². The van der Waals surface area contributed by atoms with Gasteiger partial charge in [-0.15, -0.1) is 0 Å². The van der Waals surface area contributed by atoms with Crippen LogP contribution in [0.3, 0.4) is 0 Å². The van der Waals surface area contributed by atoms with Gasteiger partial charge < -0.3 is 4.90 Å². The quantitative estimate of drug-likeness (QED) is 0.790. The summed E-state index contributed by atoms with van der Waals surface area (Å²) < 4.78 is 24.7. The van der Waals surface area contributed by atoms with E-state index in [1.165, 1.54) is 10.6 Å². The molecule has 2 rings (SSSR count). The number of carbonyl (C=O) groups excluding carboxylic acids is 1. The van der Waals surface area contributed by atoms with Crippen molar-refractivity contribution in [2.45, 2.75) is 45.7 Å². The lowest BCUT2D eigenvalue weighted by atomic mass is 9.95. The third-order valence-corrected chi connectivity index (χ3v) is 6.18. The molecular formula is C18H28N2O3S. The summed E-state index contributed by atoms with van der Waals surface area (Å²) in [7, 11) is -3.16. The number of benzene rings is 1. The first-order valence-corrected chi connectivity index (χ1v) is 10.5. The van der Waals surface area contributed by atoms with E-state index in [9.17, 15) is 13.2 Å². The second-order valence-electron chi connectivity index (χ2n) is 6.65. The molecule has 0 N–H and O–H groups in total. The van der Waals surface area contributed by atoms with E-state index in [-0.39, 0.29) is 17.9 Å². The zero-order chi connectivity index (χ0) is 17.7. The highest BCUT2D eigenvalue weighted by Crippen LogP contribution is 2.24. The molecule has 1 fully saturated rings. The normalized spacial score (nSPS) is 18.3. The summed E-state index contributed by atoms with van der Waals surface area (Å²) in [6, 6.07) is 10.2. The van der Waals surface area contributed by atoms with Crippen molar-refractivity contribution in [3.8, 4) is 0 Å². The Labute approximate surface area is 145 Å². The number of sulfonamides is 1. The van der Waals surface area contributed by atoms with Crippen molar-refractivity contribution in [1.82, 2.24) is 9.21 Å². The molecule has 1 aliphatic heterocycles. The third kappa shape index (κ3) is 4.80. The van der Waals surface area contributed by atoms with E-state index < -0.39 is 10.0 Å². The Bertz CT molecular complexity index is 637. The summed E-state index contributed by atoms with van der Waals surface area (Å²) in [5.41, 5.74) is 1.12. The van der Waals surface area contributed by atoms with Gasteiger partial charge in [0.15, 0.2) is 0 Å². The summed E-state index contributed by atoms with van der Waals surface area (Å²) in [5, 5.41) is 0. The molecule has 1 saturated heterocycles. The number of hydrogen-bond donors (Lipinski definition) is 0. The van der Waals surface area contributed by atoms with Gasteiger partial charge in [0, 0.05) is 31.6 Å². The summed E-state index contributed by atoms with van der Waals surface area (Å²) in [6.07, 6.45) is 3.35. The lowest BCUT2D eigenvalue weighted by Crippen LogP contribution is -2.46. The Morgan fingerprint density at radius 3 is 2.33 bits per heavy atom. The van der Waals surface area contributed by atoms with Crippen LogP contribution in [-0.4, -0.2) is 48.9 Å². The average Bonchev–Trinajstić information content (AvgIpc) is 2.58. The molecule has 1 amide bonds. The molecule has 0 bridgehead atoms. The predicted molar refractivity (Wildman–Crippen MR) is 95.9 cm³/mol. The van der Waals surface area contributed by atoms with Gasteiger partial charge in [-0.25, -0.2) is 12.7 Å². The SMILES string of the molecule is CCC(C)N(Cc1ccccc1)C(=O)C1CCN(S(C)(=O)=O)CC1. The number of hydrogen-bond acceptors (Lipinski definition) is 3. The molecule has 1 aromatic rings. The molecule has 0 aromatic heterocycles. The molecule has 0 spiro atoms. The van der Waals surface area contributed by atoms with Gasteiger partial charge in [0.25, 0.3) is 0 Å². The fraction of sp³-hybridized carbons (Fsp3) is 0.611. The highest BCUT2D eigenvalue weighted by molar-refractivity contribution is 7.88. The van der Waals surface area contributed by atoms with E-state index >= 15 is 0 Å². The lowest BCUT2D eigenvalue weighted by Gasteiger charge is -2.35. The van der Waals surface area contributed by atoms with Crippen LogP contribution in [0.15, 0.2) is 30.3 Å². The predicted octanol–water partition coefficient (Wildman–Crippen LogP) is 2.49. The van der Waals surface area contributed by atoms with E-state index in [1.807, 2.05) is 35.2 Å².